The fourth-order valence-electron chi connectivity index (χ4n) is 5.14. The van der Waals surface area contributed by atoms with Gasteiger partial charge in [0.15, 0.2) is 5.82 Å². The zero-order valence-corrected chi connectivity index (χ0v) is 20.9. The highest BCUT2D eigenvalue weighted by Crippen LogP contribution is 2.42. The van der Waals surface area contributed by atoms with E-state index in [2.05, 4.69) is 42.5 Å². The molecule has 6 aromatic carbocycles. The maximum atomic E-state index is 16.4. The van der Waals surface area contributed by atoms with Crippen LogP contribution in [0.25, 0.3) is 44.2 Å². The van der Waals surface area contributed by atoms with E-state index in [1.165, 1.54) is 6.07 Å². The zero-order chi connectivity index (χ0) is 26.1. The van der Waals surface area contributed by atoms with Gasteiger partial charge in [-0.1, -0.05) is 115 Å². The van der Waals surface area contributed by atoms with Crippen molar-refractivity contribution in [2.75, 3.05) is 11.9 Å². The van der Waals surface area contributed by atoms with Crippen LogP contribution in [-0.4, -0.2) is 7.05 Å². The van der Waals surface area contributed by atoms with E-state index in [1.54, 1.807) is 30.1 Å². The summed E-state index contributed by atoms with van der Waals surface area (Å²) in [5.41, 5.74) is 5.56. The van der Waals surface area contributed by atoms with Gasteiger partial charge in [0.05, 0.1) is 11.4 Å². The van der Waals surface area contributed by atoms with Gasteiger partial charge in [-0.05, 0) is 51.2 Å². The lowest BCUT2D eigenvalue weighted by atomic mass is 9.93. The van der Waals surface area contributed by atoms with E-state index in [-0.39, 0.29) is 0 Å². The summed E-state index contributed by atoms with van der Waals surface area (Å²) in [5, 5.41) is 2.31. The van der Waals surface area contributed by atoms with Gasteiger partial charge >= 0.3 is 0 Å². The first-order valence-corrected chi connectivity index (χ1v) is 12.6. The number of rotatable bonds is 5. The molecule has 0 N–H and O–H groups in total. The first-order chi connectivity index (χ1) is 18.6. The van der Waals surface area contributed by atoms with Crippen molar-refractivity contribution in [1.82, 2.24) is 0 Å². The van der Waals surface area contributed by atoms with E-state index in [4.69, 9.17) is 0 Å². The fourth-order valence-corrected chi connectivity index (χ4v) is 5.14. The molecule has 0 aliphatic carbocycles. The Balaban J connectivity index is 1.56. The summed E-state index contributed by atoms with van der Waals surface area (Å²) in [6.45, 7) is 0. The first kappa shape index (κ1) is 23.6. The monoisotopic (exact) mass is 497 g/mol. The number of halogens is 2. The number of nitrogens with zero attached hydrogens (tertiary/aromatic N) is 1. The smallest absolute Gasteiger partial charge is 0.155 e. The van der Waals surface area contributed by atoms with Crippen LogP contribution in [0, 0.1) is 11.6 Å². The molecule has 0 atom stereocenters. The van der Waals surface area contributed by atoms with Crippen molar-refractivity contribution in [2.45, 2.75) is 0 Å². The van der Waals surface area contributed by atoms with E-state index in [1.807, 2.05) is 66.7 Å². The molecule has 1 nitrogen and oxygen atoms in total. The predicted molar refractivity (Wildman–Crippen MR) is 155 cm³/mol. The molecule has 0 aliphatic rings. The van der Waals surface area contributed by atoms with Crippen LogP contribution in [0.3, 0.4) is 0 Å². The molecule has 184 valence electrons. The number of para-hydroxylation sites is 1. The van der Waals surface area contributed by atoms with Gasteiger partial charge < -0.3 is 4.90 Å². The van der Waals surface area contributed by atoms with Crippen LogP contribution >= 0.6 is 0 Å². The molecule has 3 heteroatoms. The summed E-state index contributed by atoms with van der Waals surface area (Å²) in [4.78, 5) is 1.61. The number of fused-ring (bicyclic) bond motifs is 1. The highest BCUT2D eigenvalue weighted by atomic mass is 19.1. The van der Waals surface area contributed by atoms with E-state index in [0.717, 1.165) is 33.0 Å². The first-order valence-electron chi connectivity index (χ1n) is 12.6. The van der Waals surface area contributed by atoms with Gasteiger partial charge in [-0.3, -0.25) is 0 Å². The third kappa shape index (κ3) is 4.22. The summed E-state index contributed by atoms with van der Waals surface area (Å²) >= 11 is 0. The highest BCUT2D eigenvalue weighted by molar-refractivity contribution is 5.98. The van der Waals surface area contributed by atoms with Crippen LogP contribution < -0.4 is 4.90 Å². The van der Waals surface area contributed by atoms with Gasteiger partial charge in [-0.15, -0.1) is 0 Å². The lowest BCUT2D eigenvalue weighted by molar-refractivity contribution is 0.619. The Bertz CT molecular complexity index is 1750. The normalized spacial score (nSPS) is 11.0. The molecule has 0 fully saturated rings. The van der Waals surface area contributed by atoms with Crippen LogP contribution in [0.1, 0.15) is 0 Å². The average Bonchev–Trinajstić information content (AvgIpc) is 2.97. The molecule has 0 unspecified atom stereocenters. The Morgan fingerprint density at radius 3 is 1.92 bits per heavy atom. The summed E-state index contributed by atoms with van der Waals surface area (Å²) in [6, 6.07) is 42.3. The molecular formula is C35H25F2N. The van der Waals surface area contributed by atoms with E-state index < -0.39 is 11.6 Å². The standard InChI is InChI=1S/C35H25F2N/c1-38(33-20-8-7-19-32(33)36)35-31(22-21-30(34(35)37)25-11-3-2-4-12-25)27-16-9-15-26(23-27)29-18-10-14-24-13-5-6-17-28(24)29/h2-23H,1H3. The summed E-state index contributed by atoms with van der Waals surface area (Å²) in [7, 11) is 1.71. The van der Waals surface area contributed by atoms with Gasteiger partial charge in [0.2, 0.25) is 0 Å². The average molecular weight is 498 g/mol. The third-order valence-electron chi connectivity index (χ3n) is 7.02. The molecule has 0 amide bonds. The van der Waals surface area contributed by atoms with Gasteiger partial charge in [-0.25, -0.2) is 8.78 Å². The molecule has 0 bridgehead atoms. The number of benzene rings is 6. The zero-order valence-electron chi connectivity index (χ0n) is 20.9. The van der Waals surface area contributed by atoms with Crippen LogP contribution in [0.2, 0.25) is 0 Å². The van der Waals surface area contributed by atoms with Crippen molar-refractivity contribution in [3.8, 4) is 33.4 Å². The van der Waals surface area contributed by atoms with Gasteiger partial charge in [0.1, 0.15) is 5.82 Å². The molecule has 0 aromatic heterocycles. The summed E-state index contributed by atoms with van der Waals surface area (Å²) < 4.78 is 31.3. The van der Waals surface area contributed by atoms with Crippen molar-refractivity contribution in [3.63, 3.8) is 0 Å². The Hall–Kier alpha value is -4.76. The second kappa shape index (κ2) is 9.95. The van der Waals surface area contributed by atoms with Gasteiger partial charge in [0.25, 0.3) is 0 Å². The topological polar surface area (TPSA) is 3.24 Å². The quantitative estimate of drug-likeness (QED) is 0.229. The summed E-state index contributed by atoms with van der Waals surface area (Å²) in [6.07, 6.45) is 0. The molecule has 6 rings (SSSR count). The van der Waals surface area contributed by atoms with Crippen molar-refractivity contribution in [3.05, 3.63) is 145 Å². The molecule has 0 aliphatic heterocycles. The molecule has 6 aromatic rings. The Morgan fingerprint density at radius 2 is 1.11 bits per heavy atom. The second-order valence-electron chi connectivity index (χ2n) is 9.31. The maximum Gasteiger partial charge on any atom is 0.155 e. The van der Waals surface area contributed by atoms with Crippen molar-refractivity contribution < 1.29 is 8.78 Å². The minimum Gasteiger partial charge on any atom is -0.339 e. The Kier molecular flexibility index (Phi) is 6.19. The minimum atomic E-state index is -0.407. The molecule has 38 heavy (non-hydrogen) atoms. The predicted octanol–water partition coefficient (Wildman–Crippen LogP) is 9.89. The summed E-state index contributed by atoms with van der Waals surface area (Å²) in [5.74, 6) is -0.801. The lowest BCUT2D eigenvalue weighted by Gasteiger charge is -2.25. The van der Waals surface area contributed by atoms with E-state index >= 15 is 4.39 Å². The second-order valence-corrected chi connectivity index (χ2v) is 9.31. The van der Waals surface area contributed by atoms with Crippen LogP contribution in [0.15, 0.2) is 133 Å². The fraction of sp³-hybridized carbons (Fsp3) is 0.0286. The Labute approximate surface area is 221 Å². The van der Waals surface area contributed by atoms with Crippen LogP contribution in [0.4, 0.5) is 20.2 Å². The number of hydrogen-bond donors (Lipinski definition) is 0. The number of hydrogen-bond acceptors (Lipinski definition) is 1. The maximum absolute atomic E-state index is 16.4. The number of anilines is 2. The Morgan fingerprint density at radius 1 is 0.500 bits per heavy atom. The molecular weight excluding hydrogens is 472 g/mol. The SMILES string of the molecule is CN(c1ccccc1F)c1c(-c2cccc(-c3cccc4ccccc34)c2)ccc(-c2ccccc2)c1F. The highest BCUT2D eigenvalue weighted by Gasteiger charge is 2.22. The van der Waals surface area contributed by atoms with Gasteiger partial charge in [0, 0.05) is 18.2 Å². The van der Waals surface area contributed by atoms with Crippen LogP contribution in [-0.2, 0) is 0 Å². The molecule has 0 saturated carbocycles. The third-order valence-corrected chi connectivity index (χ3v) is 7.02. The molecule has 0 spiro atoms. The minimum absolute atomic E-state index is 0.308. The molecule has 0 heterocycles. The lowest BCUT2D eigenvalue weighted by Crippen LogP contribution is -2.14. The van der Waals surface area contributed by atoms with E-state index in [0.29, 0.717) is 22.5 Å². The van der Waals surface area contributed by atoms with Crippen molar-refractivity contribution >= 4 is 22.1 Å². The van der Waals surface area contributed by atoms with Crippen molar-refractivity contribution in [2.24, 2.45) is 0 Å². The van der Waals surface area contributed by atoms with Crippen molar-refractivity contribution in [1.29, 1.82) is 0 Å². The molecule has 0 radical (unpaired) electrons. The largest absolute Gasteiger partial charge is 0.339 e. The van der Waals surface area contributed by atoms with Crippen LogP contribution in [0.5, 0.6) is 0 Å². The van der Waals surface area contributed by atoms with Gasteiger partial charge in [-0.2, -0.15) is 0 Å². The van der Waals surface area contributed by atoms with E-state index in [9.17, 15) is 4.39 Å². The molecule has 0 saturated heterocycles.